The van der Waals surface area contributed by atoms with E-state index in [0.717, 1.165) is 0 Å². The molecule has 0 radical (unpaired) electrons. The third-order valence-corrected chi connectivity index (χ3v) is 2.53. The lowest BCUT2D eigenvalue weighted by Gasteiger charge is -2.00. The number of nitrogen functional groups attached to an aromatic ring is 1. The van der Waals surface area contributed by atoms with Crippen LogP contribution in [0.5, 0.6) is 5.75 Å². The van der Waals surface area contributed by atoms with Crippen LogP contribution in [-0.4, -0.2) is 10.9 Å². The van der Waals surface area contributed by atoms with Crippen molar-refractivity contribution in [3.63, 3.8) is 0 Å². The fraction of sp³-hybridized carbons (Fsp3) is 0. The van der Waals surface area contributed by atoms with Crippen molar-refractivity contribution in [2.75, 3.05) is 5.73 Å². The summed E-state index contributed by atoms with van der Waals surface area (Å²) in [4.78, 5) is 11.8. The number of carbonyl (C=O) groups excluding carboxylic acids is 1. The van der Waals surface area contributed by atoms with Gasteiger partial charge in [0, 0.05) is 22.9 Å². The van der Waals surface area contributed by atoms with E-state index in [1.54, 1.807) is 30.3 Å². The molecule has 2 rings (SSSR count). The number of carbonyl (C=O) groups is 1. The van der Waals surface area contributed by atoms with Crippen LogP contribution in [0.2, 0.25) is 0 Å². The molecule has 0 spiro atoms. The third-order valence-electron chi connectivity index (χ3n) is 2.53. The molecule has 0 aliphatic carbocycles. The van der Waals surface area contributed by atoms with Gasteiger partial charge in [-0.05, 0) is 24.3 Å². The predicted molar refractivity (Wildman–Crippen MR) is 72.3 cm³/mol. The van der Waals surface area contributed by atoms with E-state index in [9.17, 15) is 9.90 Å². The maximum absolute atomic E-state index is 11.8. The molecule has 0 unspecified atom stereocenters. The number of nitrogens with two attached hydrogens (primary N) is 1. The summed E-state index contributed by atoms with van der Waals surface area (Å²) in [7, 11) is 0. The predicted octanol–water partition coefficient (Wildman–Crippen LogP) is 2.87. The van der Waals surface area contributed by atoms with Crippen LogP contribution >= 0.6 is 0 Å². The van der Waals surface area contributed by atoms with E-state index >= 15 is 0 Å². The van der Waals surface area contributed by atoms with Gasteiger partial charge < -0.3 is 10.8 Å². The zero-order valence-corrected chi connectivity index (χ0v) is 9.71. The smallest absolute Gasteiger partial charge is 0.185 e. The minimum absolute atomic E-state index is 0.0621. The Kier molecular flexibility index (Phi) is 3.44. The van der Waals surface area contributed by atoms with Crippen molar-refractivity contribution in [3.05, 3.63) is 65.7 Å². The number of phenols is 1. The molecule has 0 saturated carbocycles. The summed E-state index contributed by atoms with van der Waals surface area (Å²) in [6.07, 6.45) is 3.00. The van der Waals surface area contributed by atoms with Crippen LogP contribution in [0.4, 0.5) is 5.69 Å². The number of anilines is 1. The molecule has 0 heterocycles. The minimum atomic E-state index is -0.105. The van der Waals surface area contributed by atoms with Gasteiger partial charge in [-0.2, -0.15) is 0 Å². The molecule has 0 amide bonds. The van der Waals surface area contributed by atoms with Crippen LogP contribution in [0.25, 0.3) is 6.08 Å². The van der Waals surface area contributed by atoms with E-state index < -0.39 is 0 Å². The zero-order chi connectivity index (χ0) is 13.0. The number of rotatable bonds is 3. The number of hydrogen-bond acceptors (Lipinski definition) is 3. The highest BCUT2D eigenvalue weighted by molar-refractivity contribution is 6.06. The summed E-state index contributed by atoms with van der Waals surface area (Å²) in [6, 6.07) is 13.7. The Balaban J connectivity index is 2.19. The summed E-state index contributed by atoms with van der Waals surface area (Å²) in [6.45, 7) is 0. The van der Waals surface area contributed by atoms with Crippen molar-refractivity contribution in [2.24, 2.45) is 0 Å². The number of aromatic hydroxyl groups is 1. The Hall–Kier alpha value is -2.55. The van der Waals surface area contributed by atoms with Gasteiger partial charge in [0.15, 0.2) is 5.78 Å². The van der Waals surface area contributed by atoms with Gasteiger partial charge in [-0.1, -0.05) is 30.3 Å². The highest BCUT2D eigenvalue weighted by Gasteiger charge is 2.01. The quantitative estimate of drug-likeness (QED) is 0.492. The molecule has 3 N–H and O–H groups in total. The lowest BCUT2D eigenvalue weighted by Crippen LogP contribution is -1.92. The van der Waals surface area contributed by atoms with E-state index in [1.165, 1.54) is 12.1 Å². The molecule has 90 valence electrons. The molecule has 0 bridgehead atoms. The molecule has 0 atom stereocenters. The Morgan fingerprint density at radius 1 is 1.11 bits per heavy atom. The largest absolute Gasteiger partial charge is 0.507 e. The Morgan fingerprint density at radius 2 is 1.83 bits per heavy atom. The second-order valence-electron chi connectivity index (χ2n) is 3.88. The van der Waals surface area contributed by atoms with Gasteiger partial charge in [0.25, 0.3) is 0 Å². The van der Waals surface area contributed by atoms with E-state index in [2.05, 4.69) is 0 Å². The number of benzene rings is 2. The zero-order valence-electron chi connectivity index (χ0n) is 9.71. The molecule has 3 nitrogen and oxygen atoms in total. The van der Waals surface area contributed by atoms with Crippen molar-refractivity contribution in [1.82, 2.24) is 0 Å². The maximum atomic E-state index is 11.8. The summed E-state index contributed by atoms with van der Waals surface area (Å²) in [5.41, 5.74) is 7.19. The number of hydrogen-bond donors (Lipinski definition) is 2. The maximum Gasteiger partial charge on any atom is 0.185 e. The Bertz CT molecular complexity index is 589. The van der Waals surface area contributed by atoms with Crippen molar-refractivity contribution in [2.45, 2.75) is 0 Å². The fourth-order valence-electron chi connectivity index (χ4n) is 1.57. The number of allylic oxidation sites excluding steroid dienone is 1. The van der Waals surface area contributed by atoms with Crippen molar-refractivity contribution < 1.29 is 9.90 Å². The standard InChI is InChI=1S/C15H13NO2/c16-13-8-6-12(15(18)10-13)7-9-14(17)11-4-2-1-3-5-11/h1-10,18H,16H2. The summed E-state index contributed by atoms with van der Waals surface area (Å²) in [5, 5.41) is 9.63. The molecule has 2 aromatic carbocycles. The van der Waals surface area contributed by atoms with Gasteiger partial charge in [-0.15, -0.1) is 0 Å². The minimum Gasteiger partial charge on any atom is -0.507 e. The van der Waals surface area contributed by atoms with Crippen LogP contribution in [0.3, 0.4) is 0 Å². The molecule has 0 aliphatic rings. The van der Waals surface area contributed by atoms with Crippen LogP contribution in [-0.2, 0) is 0 Å². The van der Waals surface area contributed by atoms with Gasteiger partial charge in [0.2, 0.25) is 0 Å². The van der Waals surface area contributed by atoms with Gasteiger partial charge in [-0.25, -0.2) is 0 Å². The molecule has 3 heteroatoms. The van der Waals surface area contributed by atoms with Gasteiger partial charge in [0.05, 0.1) is 0 Å². The first-order chi connectivity index (χ1) is 8.66. The van der Waals surface area contributed by atoms with E-state index in [-0.39, 0.29) is 11.5 Å². The lowest BCUT2D eigenvalue weighted by molar-refractivity contribution is 0.104. The molecule has 18 heavy (non-hydrogen) atoms. The summed E-state index contributed by atoms with van der Waals surface area (Å²) >= 11 is 0. The highest BCUT2D eigenvalue weighted by Crippen LogP contribution is 2.21. The van der Waals surface area contributed by atoms with Crippen molar-refractivity contribution >= 4 is 17.5 Å². The second kappa shape index (κ2) is 5.19. The topological polar surface area (TPSA) is 63.3 Å². The number of ketones is 1. The molecule has 2 aromatic rings. The van der Waals surface area contributed by atoms with Gasteiger partial charge >= 0.3 is 0 Å². The summed E-state index contributed by atoms with van der Waals surface area (Å²) < 4.78 is 0. The molecular weight excluding hydrogens is 226 g/mol. The van der Waals surface area contributed by atoms with Crippen LogP contribution < -0.4 is 5.73 Å². The second-order valence-corrected chi connectivity index (χ2v) is 3.88. The lowest BCUT2D eigenvalue weighted by atomic mass is 10.1. The molecule has 0 saturated heterocycles. The fourth-order valence-corrected chi connectivity index (χ4v) is 1.57. The third kappa shape index (κ3) is 2.77. The highest BCUT2D eigenvalue weighted by atomic mass is 16.3. The monoisotopic (exact) mass is 239 g/mol. The Morgan fingerprint density at radius 3 is 2.50 bits per heavy atom. The van der Waals surface area contributed by atoms with Crippen molar-refractivity contribution in [1.29, 1.82) is 0 Å². The molecule has 0 aromatic heterocycles. The van der Waals surface area contributed by atoms with E-state index in [4.69, 9.17) is 5.73 Å². The van der Waals surface area contributed by atoms with Crippen LogP contribution in [0.15, 0.2) is 54.6 Å². The average Bonchev–Trinajstić information content (AvgIpc) is 2.38. The van der Waals surface area contributed by atoms with Gasteiger partial charge in [-0.3, -0.25) is 4.79 Å². The summed E-state index contributed by atoms with van der Waals surface area (Å²) in [5.74, 6) is -0.0427. The SMILES string of the molecule is Nc1ccc(C=CC(=O)c2ccccc2)c(O)c1. The molecule has 0 fully saturated rings. The van der Waals surface area contributed by atoms with Crippen LogP contribution in [0, 0.1) is 0 Å². The van der Waals surface area contributed by atoms with Crippen LogP contribution in [0.1, 0.15) is 15.9 Å². The molecular formula is C15H13NO2. The van der Waals surface area contributed by atoms with E-state index in [1.807, 2.05) is 18.2 Å². The Labute approximate surface area is 105 Å². The van der Waals surface area contributed by atoms with E-state index in [0.29, 0.717) is 16.8 Å². The van der Waals surface area contributed by atoms with Crippen molar-refractivity contribution in [3.8, 4) is 5.75 Å². The molecule has 0 aliphatic heterocycles. The number of phenolic OH excluding ortho intramolecular Hbond substituents is 1. The first kappa shape index (κ1) is 11.9. The van der Waals surface area contributed by atoms with Gasteiger partial charge in [0.1, 0.15) is 5.75 Å². The first-order valence-electron chi connectivity index (χ1n) is 5.53. The average molecular weight is 239 g/mol. The first-order valence-corrected chi connectivity index (χ1v) is 5.53. The normalized spacial score (nSPS) is 10.7.